The number of hydrogen-bond donors (Lipinski definition) is 1. The van der Waals surface area contributed by atoms with Crippen molar-refractivity contribution in [2.24, 2.45) is 0 Å². The van der Waals surface area contributed by atoms with Crippen molar-refractivity contribution in [3.05, 3.63) is 11.2 Å². The highest BCUT2D eigenvalue weighted by atomic mass is 35.5. The van der Waals surface area contributed by atoms with Gasteiger partial charge in [0.25, 0.3) is 0 Å². The molecule has 0 aliphatic heterocycles. The summed E-state index contributed by atoms with van der Waals surface area (Å²) in [5.74, 6) is 0.109. The van der Waals surface area contributed by atoms with Crippen LogP contribution >= 0.6 is 11.6 Å². The number of carbonyl (C=O) groups is 1. The van der Waals surface area contributed by atoms with Gasteiger partial charge in [-0.15, -0.1) is 5.10 Å². The fraction of sp³-hybridized carbons (Fsp3) is 0.500. The predicted molar refractivity (Wildman–Crippen MR) is 53.3 cm³/mol. The lowest BCUT2D eigenvalue weighted by atomic mass is 10.2. The molecule has 0 atom stereocenters. The van der Waals surface area contributed by atoms with Crippen LogP contribution in [-0.4, -0.2) is 21.5 Å². The third-order valence-corrected chi connectivity index (χ3v) is 1.57. The second-order valence-corrected chi connectivity index (χ2v) is 4.19. The Labute approximate surface area is 86.8 Å². The van der Waals surface area contributed by atoms with Gasteiger partial charge in [-0.3, -0.25) is 0 Å². The Morgan fingerprint density at radius 3 is 2.57 bits per heavy atom. The van der Waals surface area contributed by atoms with Crippen LogP contribution < -0.4 is 5.73 Å². The monoisotopic (exact) mass is 217 g/mol. The third kappa shape index (κ3) is 2.63. The van der Waals surface area contributed by atoms with E-state index in [9.17, 15) is 4.79 Å². The maximum atomic E-state index is 11.4. The first kappa shape index (κ1) is 10.8. The molecule has 14 heavy (non-hydrogen) atoms. The molecule has 1 aromatic rings. The normalized spacial score (nSPS) is 11.4. The van der Waals surface area contributed by atoms with Crippen molar-refractivity contribution in [2.45, 2.75) is 26.4 Å². The van der Waals surface area contributed by atoms with Crippen molar-refractivity contribution < 1.29 is 9.53 Å². The lowest BCUT2D eigenvalue weighted by molar-refractivity contribution is 0.0515. The van der Waals surface area contributed by atoms with Gasteiger partial charge >= 0.3 is 6.09 Å². The molecule has 1 aromatic heterocycles. The van der Waals surface area contributed by atoms with Gasteiger partial charge in [-0.1, -0.05) is 11.6 Å². The molecule has 0 saturated heterocycles. The summed E-state index contributed by atoms with van der Waals surface area (Å²) in [5, 5.41) is 3.91. The molecule has 78 valence electrons. The molecule has 5 nitrogen and oxygen atoms in total. The molecule has 1 heterocycles. The zero-order valence-corrected chi connectivity index (χ0v) is 9.00. The fourth-order valence-electron chi connectivity index (χ4n) is 0.768. The van der Waals surface area contributed by atoms with E-state index < -0.39 is 11.7 Å². The van der Waals surface area contributed by atoms with Crippen LogP contribution in [0.1, 0.15) is 20.8 Å². The van der Waals surface area contributed by atoms with Crippen molar-refractivity contribution in [3.63, 3.8) is 0 Å². The van der Waals surface area contributed by atoms with E-state index in [1.807, 2.05) is 0 Å². The van der Waals surface area contributed by atoms with Crippen molar-refractivity contribution in [1.29, 1.82) is 0 Å². The summed E-state index contributed by atoms with van der Waals surface area (Å²) in [4.78, 5) is 11.4. The SMILES string of the molecule is CC(C)(C)OC(=O)n1cc(Cl)c(N)n1. The zero-order valence-electron chi connectivity index (χ0n) is 8.24. The minimum Gasteiger partial charge on any atom is -0.442 e. The van der Waals surface area contributed by atoms with Crippen molar-refractivity contribution in [3.8, 4) is 0 Å². The van der Waals surface area contributed by atoms with E-state index in [4.69, 9.17) is 22.1 Å². The zero-order chi connectivity index (χ0) is 10.9. The van der Waals surface area contributed by atoms with Gasteiger partial charge < -0.3 is 10.5 Å². The number of nitrogens with zero attached hydrogens (tertiary/aromatic N) is 2. The Balaban J connectivity index is 2.80. The van der Waals surface area contributed by atoms with Gasteiger partial charge in [0.1, 0.15) is 10.6 Å². The standard InChI is InChI=1S/C8H12ClN3O2/c1-8(2,3)14-7(13)12-4-5(9)6(10)11-12/h4H,1-3H3,(H2,10,11). The topological polar surface area (TPSA) is 70.1 Å². The Hall–Kier alpha value is -1.23. The van der Waals surface area contributed by atoms with Crippen molar-refractivity contribution in [2.75, 3.05) is 5.73 Å². The Morgan fingerprint density at radius 2 is 2.21 bits per heavy atom. The van der Waals surface area contributed by atoms with Gasteiger partial charge in [-0.25, -0.2) is 4.79 Å². The van der Waals surface area contributed by atoms with E-state index in [1.54, 1.807) is 20.8 Å². The van der Waals surface area contributed by atoms with Crippen LogP contribution in [-0.2, 0) is 4.74 Å². The Morgan fingerprint density at radius 1 is 1.64 bits per heavy atom. The van der Waals surface area contributed by atoms with Crippen LogP contribution in [0, 0.1) is 0 Å². The Bertz CT molecular complexity index is 334. The molecule has 0 saturated carbocycles. The highest BCUT2D eigenvalue weighted by Gasteiger charge is 2.19. The molecule has 0 unspecified atom stereocenters. The lowest BCUT2D eigenvalue weighted by Gasteiger charge is -2.18. The predicted octanol–water partition coefficient (Wildman–Crippen LogP) is 1.90. The van der Waals surface area contributed by atoms with Gasteiger partial charge in [0.05, 0.1) is 6.20 Å². The highest BCUT2D eigenvalue weighted by molar-refractivity contribution is 6.32. The first-order valence-corrected chi connectivity index (χ1v) is 4.41. The molecule has 0 aliphatic carbocycles. The number of aromatic nitrogens is 2. The smallest absolute Gasteiger partial charge is 0.435 e. The van der Waals surface area contributed by atoms with E-state index in [0.717, 1.165) is 4.68 Å². The lowest BCUT2D eigenvalue weighted by Crippen LogP contribution is -2.27. The number of anilines is 1. The molecule has 0 amide bonds. The maximum Gasteiger partial charge on any atom is 0.435 e. The largest absolute Gasteiger partial charge is 0.442 e. The molecule has 6 heteroatoms. The van der Waals surface area contributed by atoms with E-state index in [1.165, 1.54) is 6.20 Å². The molecule has 0 fully saturated rings. The molecule has 0 radical (unpaired) electrons. The Kier molecular flexibility index (Phi) is 2.71. The molecule has 0 aromatic carbocycles. The van der Waals surface area contributed by atoms with Gasteiger partial charge in [-0.2, -0.15) is 4.68 Å². The van der Waals surface area contributed by atoms with Gasteiger partial charge in [0, 0.05) is 0 Å². The highest BCUT2D eigenvalue weighted by Crippen LogP contribution is 2.16. The quantitative estimate of drug-likeness (QED) is 0.721. The third-order valence-electron chi connectivity index (χ3n) is 1.28. The molecular weight excluding hydrogens is 206 g/mol. The maximum absolute atomic E-state index is 11.4. The number of nitrogens with two attached hydrogens (primary N) is 1. The van der Waals surface area contributed by atoms with Crippen molar-refractivity contribution in [1.82, 2.24) is 9.78 Å². The van der Waals surface area contributed by atoms with Crippen LogP contribution in [0.2, 0.25) is 5.02 Å². The summed E-state index contributed by atoms with van der Waals surface area (Å²) in [6, 6.07) is 0. The minimum absolute atomic E-state index is 0.109. The number of halogens is 1. The average Bonchev–Trinajstić information content (AvgIpc) is 2.28. The number of hydrogen-bond acceptors (Lipinski definition) is 4. The van der Waals surface area contributed by atoms with Crippen molar-refractivity contribution >= 4 is 23.5 Å². The van der Waals surface area contributed by atoms with E-state index in [0.29, 0.717) is 0 Å². The van der Waals surface area contributed by atoms with Gasteiger partial charge in [-0.05, 0) is 20.8 Å². The molecule has 0 spiro atoms. The fourth-order valence-corrected chi connectivity index (χ4v) is 0.899. The molecule has 1 rings (SSSR count). The summed E-state index contributed by atoms with van der Waals surface area (Å²) in [5.41, 5.74) is 4.81. The summed E-state index contributed by atoms with van der Waals surface area (Å²) >= 11 is 5.63. The molecule has 0 bridgehead atoms. The van der Waals surface area contributed by atoms with E-state index in [-0.39, 0.29) is 10.8 Å². The first-order valence-electron chi connectivity index (χ1n) is 4.03. The van der Waals surface area contributed by atoms with Crippen LogP contribution in [0.4, 0.5) is 10.6 Å². The van der Waals surface area contributed by atoms with Gasteiger partial charge in [0.2, 0.25) is 0 Å². The second kappa shape index (κ2) is 3.49. The van der Waals surface area contributed by atoms with Crippen LogP contribution in [0.5, 0.6) is 0 Å². The molecular formula is C8H12ClN3O2. The number of rotatable bonds is 0. The molecule has 0 aliphatic rings. The summed E-state index contributed by atoms with van der Waals surface area (Å²) in [7, 11) is 0. The summed E-state index contributed by atoms with van der Waals surface area (Å²) in [6.07, 6.45) is 0.710. The summed E-state index contributed by atoms with van der Waals surface area (Å²) < 4.78 is 6.01. The average molecular weight is 218 g/mol. The first-order chi connectivity index (χ1) is 6.29. The number of carbonyl (C=O) groups excluding carboxylic acids is 1. The summed E-state index contributed by atoms with van der Waals surface area (Å²) in [6.45, 7) is 5.29. The number of ether oxygens (including phenoxy) is 1. The molecule has 2 N–H and O–H groups in total. The van der Waals surface area contributed by atoms with Crippen LogP contribution in [0.15, 0.2) is 6.20 Å². The second-order valence-electron chi connectivity index (χ2n) is 3.79. The van der Waals surface area contributed by atoms with E-state index in [2.05, 4.69) is 5.10 Å². The van der Waals surface area contributed by atoms with E-state index >= 15 is 0 Å². The van der Waals surface area contributed by atoms with Gasteiger partial charge in [0.15, 0.2) is 5.82 Å². The number of nitrogen functional groups attached to an aromatic ring is 1. The van der Waals surface area contributed by atoms with Crippen LogP contribution in [0.25, 0.3) is 0 Å². The van der Waals surface area contributed by atoms with Crippen LogP contribution in [0.3, 0.4) is 0 Å². The minimum atomic E-state index is -0.601.